The molecular weight excluding hydrogens is 376 g/mol. The van der Waals surface area contributed by atoms with Crippen molar-refractivity contribution in [3.63, 3.8) is 0 Å². The van der Waals surface area contributed by atoms with Crippen LogP contribution in [0.1, 0.15) is 15.9 Å². The molecule has 0 aliphatic rings. The molecule has 0 atom stereocenters. The number of hydrogen-bond acceptors (Lipinski definition) is 5. The number of benzene rings is 2. The summed E-state index contributed by atoms with van der Waals surface area (Å²) in [4.78, 5) is 35.7. The van der Waals surface area contributed by atoms with Crippen LogP contribution in [0, 0.1) is 6.92 Å². The minimum Gasteiger partial charge on any atom is -0.452 e. The van der Waals surface area contributed by atoms with Gasteiger partial charge in [-0.05, 0) is 36.8 Å². The minimum absolute atomic E-state index is 0.0384. The topological polar surface area (TPSA) is 98.5 Å². The second-order valence-electron chi connectivity index (χ2n) is 5.36. The van der Waals surface area contributed by atoms with Gasteiger partial charge in [-0.3, -0.25) is 9.59 Å². The largest absolute Gasteiger partial charge is 0.452 e. The monoisotopic (exact) mass is 392 g/mol. The maximum atomic E-state index is 12.2. The van der Waals surface area contributed by atoms with Crippen LogP contribution in [0.15, 0.2) is 47.4 Å². The van der Waals surface area contributed by atoms with Crippen LogP contribution in [0.5, 0.6) is 0 Å². The lowest BCUT2D eigenvalue weighted by Crippen LogP contribution is -2.21. The zero-order valence-electron chi connectivity index (χ0n) is 14.0. The molecule has 0 radical (unpaired) electrons. The lowest BCUT2D eigenvalue weighted by molar-refractivity contribution is -0.119. The van der Waals surface area contributed by atoms with Gasteiger partial charge in [0.05, 0.1) is 22.0 Å². The molecule has 8 heteroatoms. The summed E-state index contributed by atoms with van der Waals surface area (Å²) in [5, 5.41) is 2.99. The Labute approximate surface area is 160 Å². The van der Waals surface area contributed by atoms with Crippen molar-refractivity contribution in [3.05, 3.63) is 58.6 Å². The highest BCUT2D eigenvalue weighted by molar-refractivity contribution is 8.00. The molecule has 26 heavy (non-hydrogen) atoms. The summed E-state index contributed by atoms with van der Waals surface area (Å²) in [6, 6.07) is 11.8. The molecule has 2 aromatic rings. The summed E-state index contributed by atoms with van der Waals surface area (Å²) in [6.45, 7) is 1.42. The Morgan fingerprint density at radius 1 is 1.19 bits per heavy atom. The smallest absolute Gasteiger partial charge is 0.339 e. The number of ether oxygens (including phenoxy) is 1. The van der Waals surface area contributed by atoms with E-state index in [0.717, 1.165) is 17.3 Å². The molecule has 0 aliphatic heterocycles. The SMILES string of the molecule is Cc1ccc(NC(=O)COC(=O)c2ccccc2SCC(N)=O)c(Cl)c1. The average molecular weight is 393 g/mol. The molecule has 0 bridgehead atoms. The third-order valence-electron chi connectivity index (χ3n) is 3.21. The van der Waals surface area contributed by atoms with Gasteiger partial charge in [-0.25, -0.2) is 4.79 Å². The number of anilines is 1. The number of nitrogens with two attached hydrogens (primary N) is 1. The molecule has 2 amide bonds. The predicted octanol–water partition coefficient (Wildman–Crippen LogP) is 3.02. The lowest BCUT2D eigenvalue weighted by Gasteiger charge is -2.10. The Bertz CT molecular complexity index is 842. The molecule has 136 valence electrons. The van der Waals surface area contributed by atoms with E-state index in [1.54, 1.807) is 42.5 Å². The van der Waals surface area contributed by atoms with E-state index in [0.29, 0.717) is 15.6 Å². The van der Waals surface area contributed by atoms with Crippen molar-refractivity contribution < 1.29 is 19.1 Å². The van der Waals surface area contributed by atoms with Crippen LogP contribution in [0.2, 0.25) is 5.02 Å². The van der Waals surface area contributed by atoms with Gasteiger partial charge in [0.25, 0.3) is 5.91 Å². The van der Waals surface area contributed by atoms with E-state index in [4.69, 9.17) is 22.1 Å². The highest BCUT2D eigenvalue weighted by Gasteiger charge is 2.15. The molecule has 2 rings (SSSR count). The van der Waals surface area contributed by atoms with E-state index < -0.39 is 24.4 Å². The average Bonchev–Trinajstić information content (AvgIpc) is 2.60. The van der Waals surface area contributed by atoms with Crippen LogP contribution in [0.25, 0.3) is 0 Å². The first-order valence-electron chi connectivity index (χ1n) is 7.60. The third-order valence-corrected chi connectivity index (χ3v) is 4.62. The fraction of sp³-hybridized carbons (Fsp3) is 0.167. The number of nitrogens with one attached hydrogen (secondary N) is 1. The molecule has 0 aromatic heterocycles. The molecular formula is C18H17ClN2O4S. The Kier molecular flexibility index (Phi) is 7.06. The van der Waals surface area contributed by atoms with E-state index in [1.165, 1.54) is 0 Å². The number of hydrogen-bond donors (Lipinski definition) is 2. The number of aryl methyl sites for hydroxylation is 1. The van der Waals surface area contributed by atoms with E-state index in [-0.39, 0.29) is 11.3 Å². The first-order valence-corrected chi connectivity index (χ1v) is 8.96. The number of carbonyl (C=O) groups is 3. The molecule has 3 N–H and O–H groups in total. The van der Waals surface area contributed by atoms with Crippen molar-refractivity contribution in [3.8, 4) is 0 Å². The molecule has 0 heterocycles. The third kappa shape index (κ3) is 5.79. The maximum Gasteiger partial charge on any atom is 0.339 e. The van der Waals surface area contributed by atoms with Gasteiger partial charge >= 0.3 is 5.97 Å². The van der Waals surface area contributed by atoms with Crippen molar-refractivity contribution >= 4 is 46.8 Å². The molecule has 6 nitrogen and oxygen atoms in total. The zero-order valence-corrected chi connectivity index (χ0v) is 15.5. The van der Waals surface area contributed by atoms with Crippen molar-refractivity contribution in [2.75, 3.05) is 17.7 Å². The normalized spacial score (nSPS) is 10.2. The quantitative estimate of drug-likeness (QED) is 0.557. The van der Waals surface area contributed by atoms with Crippen LogP contribution < -0.4 is 11.1 Å². The number of amides is 2. The first-order chi connectivity index (χ1) is 12.4. The van der Waals surface area contributed by atoms with Crippen LogP contribution in [-0.2, 0) is 14.3 Å². The van der Waals surface area contributed by atoms with Gasteiger partial charge in [-0.2, -0.15) is 0 Å². The van der Waals surface area contributed by atoms with Crippen molar-refractivity contribution in [1.82, 2.24) is 0 Å². The molecule has 0 saturated heterocycles. The van der Waals surface area contributed by atoms with Gasteiger partial charge in [0, 0.05) is 4.90 Å². The Hall–Kier alpha value is -2.51. The van der Waals surface area contributed by atoms with Crippen LogP contribution in [-0.4, -0.2) is 30.1 Å². The van der Waals surface area contributed by atoms with Crippen molar-refractivity contribution in [2.45, 2.75) is 11.8 Å². The Balaban J connectivity index is 1.96. The van der Waals surface area contributed by atoms with Gasteiger partial charge in [0.2, 0.25) is 5.91 Å². The second kappa shape index (κ2) is 9.26. The van der Waals surface area contributed by atoms with Crippen molar-refractivity contribution in [2.24, 2.45) is 5.73 Å². The summed E-state index contributed by atoms with van der Waals surface area (Å²) >= 11 is 7.18. The highest BCUT2D eigenvalue weighted by Crippen LogP contribution is 2.24. The van der Waals surface area contributed by atoms with E-state index >= 15 is 0 Å². The summed E-state index contributed by atoms with van der Waals surface area (Å²) < 4.78 is 5.05. The maximum absolute atomic E-state index is 12.2. The predicted molar refractivity (Wildman–Crippen MR) is 101 cm³/mol. The molecule has 2 aromatic carbocycles. The van der Waals surface area contributed by atoms with Crippen LogP contribution >= 0.6 is 23.4 Å². The molecule has 0 spiro atoms. The number of carbonyl (C=O) groups excluding carboxylic acids is 3. The second-order valence-corrected chi connectivity index (χ2v) is 6.78. The van der Waals surface area contributed by atoms with Gasteiger partial charge in [-0.1, -0.05) is 29.8 Å². The number of esters is 1. The fourth-order valence-electron chi connectivity index (χ4n) is 2.03. The van der Waals surface area contributed by atoms with Crippen LogP contribution in [0.3, 0.4) is 0 Å². The number of thioether (sulfide) groups is 1. The highest BCUT2D eigenvalue weighted by atomic mass is 35.5. The summed E-state index contributed by atoms with van der Waals surface area (Å²) in [6.07, 6.45) is 0. The fourth-order valence-corrected chi connectivity index (χ4v) is 3.09. The van der Waals surface area contributed by atoms with E-state index in [2.05, 4.69) is 5.32 Å². The summed E-state index contributed by atoms with van der Waals surface area (Å²) in [5.41, 5.74) is 6.79. The molecule has 0 fully saturated rings. The van der Waals surface area contributed by atoms with Crippen LogP contribution in [0.4, 0.5) is 5.69 Å². The summed E-state index contributed by atoms with van der Waals surface area (Å²) in [7, 11) is 0. The van der Waals surface area contributed by atoms with E-state index in [1.807, 2.05) is 6.92 Å². The Morgan fingerprint density at radius 2 is 1.92 bits per heavy atom. The van der Waals surface area contributed by atoms with Gasteiger partial charge in [0.1, 0.15) is 0 Å². The number of halogens is 1. The molecule has 0 aliphatic carbocycles. The van der Waals surface area contributed by atoms with Crippen molar-refractivity contribution in [1.29, 1.82) is 0 Å². The molecule has 0 saturated carbocycles. The summed E-state index contributed by atoms with van der Waals surface area (Å²) in [5.74, 6) is -1.63. The van der Waals surface area contributed by atoms with E-state index in [9.17, 15) is 14.4 Å². The first kappa shape index (κ1) is 19.8. The minimum atomic E-state index is -0.664. The van der Waals surface area contributed by atoms with Gasteiger partial charge in [0.15, 0.2) is 6.61 Å². The zero-order chi connectivity index (χ0) is 19.1. The lowest BCUT2D eigenvalue weighted by atomic mass is 10.2. The molecule has 0 unspecified atom stereocenters. The van der Waals surface area contributed by atoms with Gasteiger partial charge in [-0.15, -0.1) is 11.8 Å². The standard InChI is InChI=1S/C18H17ClN2O4S/c1-11-6-7-14(13(19)8-11)21-17(23)9-25-18(24)12-4-2-3-5-15(12)26-10-16(20)22/h2-8H,9-10H2,1H3,(H2,20,22)(H,21,23). The number of primary amides is 1. The number of rotatable bonds is 7. The Morgan fingerprint density at radius 3 is 2.62 bits per heavy atom. The van der Waals surface area contributed by atoms with Gasteiger partial charge < -0.3 is 15.8 Å².